The van der Waals surface area contributed by atoms with Crippen molar-refractivity contribution in [1.29, 1.82) is 0 Å². The van der Waals surface area contributed by atoms with E-state index in [2.05, 4.69) is 39.7 Å². The summed E-state index contributed by atoms with van der Waals surface area (Å²) >= 11 is 3.09. The summed E-state index contributed by atoms with van der Waals surface area (Å²) in [5.74, 6) is 1.45. The number of nitrogens with zero attached hydrogens (tertiary/aromatic N) is 6. The summed E-state index contributed by atoms with van der Waals surface area (Å²) in [6.07, 6.45) is 5.36. The highest BCUT2D eigenvalue weighted by molar-refractivity contribution is 7.98. The van der Waals surface area contributed by atoms with Gasteiger partial charge in [0.2, 0.25) is 5.91 Å². The predicted molar refractivity (Wildman–Crippen MR) is 134 cm³/mol. The highest BCUT2D eigenvalue weighted by Crippen LogP contribution is 2.33. The molecule has 0 aliphatic heterocycles. The maximum absolute atomic E-state index is 12.5. The SMILES string of the molecule is CCCn1c(SCc2csc(N(C(C)=O)c3ccccc3CC)n2)nnc1-c1ccncc1. The van der Waals surface area contributed by atoms with Gasteiger partial charge in [-0.2, -0.15) is 0 Å². The second-order valence-electron chi connectivity index (χ2n) is 7.44. The first-order valence-corrected chi connectivity index (χ1v) is 12.8. The number of hydrogen-bond acceptors (Lipinski definition) is 7. The number of hydrogen-bond donors (Lipinski definition) is 0. The van der Waals surface area contributed by atoms with Crippen LogP contribution in [0.15, 0.2) is 59.3 Å². The van der Waals surface area contributed by atoms with Crippen molar-refractivity contribution in [3.63, 3.8) is 0 Å². The highest BCUT2D eigenvalue weighted by atomic mass is 32.2. The number of thioether (sulfide) groups is 1. The van der Waals surface area contributed by atoms with E-state index in [0.717, 1.165) is 52.9 Å². The molecule has 9 heteroatoms. The van der Waals surface area contributed by atoms with Crippen LogP contribution in [-0.2, 0) is 23.5 Å². The third-order valence-corrected chi connectivity index (χ3v) is 6.99. The number of anilines is 2. The van der Waals surface area contributed by atoms with Crippen LogP contribution < -0.4 is 4.90 Å². The van der Waals surface area contributed by atoms with E-state index >= 15 is 0 Å². The van der Waals surface area contributed by atoms with E-state index in [-0.39, 0.29) is 5.91 Å². The van der Waals surface area contributed by atoms with Crippen LogP contribution in [0.25, 0.3) is 11.4 Å². The fourth-order valence-electron chi connectivity index (χ4n) is 3.57. The van der Waals surface area contributed by atoms with Crippen molar-refractivity contribution in [2.75, 3.05) is 4.90 Å². The zero-order valence-corrected chi connectivity index (χ0v) is 20.6. The molecular formula is C24H26N6OS2. The standard InChI is InChI=1S/C24H26N6OS2/c1-4-14-29-22(19-10-12-25-13-11-19)27-28-24(29)33-16-20-15-32-23(26-20)30(17(3)31)21-9-7-6-8-18(21)5-2/h6-13,15H,4-5,14,16H2,1-3H3. The number of pyridine rings is 1. The summed E-state index contributed by atoms with van der Waals surface area (Å²) in [4.78, 5) is 23.1. The molecule has 0 bridgehead atoms. The number of para-hydroxylation sites is 1. The Bertz CT molecular complexity index is 1220. The number of carbonyl (C=O) groups is 1. The molecule has 0 aliphatic rings. The first-order valence-electron chi connectivity index (χ1n) is 10.9. The van der Waals surface area contributed by atoms with Crippen LogP contribution in [0.5, 0.6) is 0 Å². The van der Waals surface area contributed by atoms with E-state index in [0.29, 0.717) is 10.9 Å². The normalized spacial score (nSPS) is 11.0. The zero-order valence-electron chi connectivity index (χ0n) is 18.9. The Hall–Kier alpha value is -3.04. The lowest BCUT2D eigenvalue weighted by molar-refractivity contribution is -0.115. The maximum Gasteiger partial charge on any atom is 0.230 e. The molecule has 0 aliphatic carbocycles. The number of rotatable bonds is 9. The van der Waals surface area contributed by atoms with Crippen molar-refractivity contribution in [1.82, 2.24) is 24.7 Å². The third-order valence-electron chi connectivity index (χ3n) is 5.11. The van der Waals surface area contributed by atoms with Crippen molar-refractivity contribution in [2.45, 2.75) is 51.1 Å². The van der Waals surface area contributed by atoms with E-state index in [4.69, 9.17) is 4.98 Å². The number of amides is 1. The Morgan fingerprint density at radius 3 is 2.64 bits per heavy atom. The molecule has 7 nitrogen and oxygen atoms in total. The number of thiazole rings is 1. The number of benzene rings is 1. The molecule has 0 N–H and O–H groups in total. The van der Waals surface area contributed by atoms with Gasteiger partial charge in [0.15, 0.2) is 16.1 Å². The van der Waals surface area contributed by atoms with Gasteiger partial charge in [-0.1, -0.05) is 43.8 Å². The van der Waals surface area contributed by atoms with Gasteiger partial charge in [-0.25, -0.2) is 4.98 Å². The topological polar surface area (TPSA) is 76.8 Å². The minimum absolute atomic E-state index is 0.0471. The second-order valence-corrected chi connectivity index (χ2v) is 9.22. The fourth-order valence-corrected chi connectivity index (χ4v) is 5.42. The van der Waals surface area contributed by atoms with Crippen LogP contribution >= 0.6 is 23.1 Å². The minimum atomic E-state index is -0.0471. The van der Waals surface area contributed by atoms with Gasteiger partial charge >= 0.3 is 0 Å². The molecule has 0 atom stereocenters. The van der Waals surface area contributed by atoms with E-state index in [1.54, 1.807) is 36.0 Å². The highest BCUT2D eigenvalue weighted by Gasteiger charge is 2.21. The molecule has 0 fully saturated rings. The van der Waals surface area contributed by atoms with Gasteiger partial charge in [-0.05, 0) is 36.6 Å². The molecule has 4 aromatic rings. The molecule has 0 radical (unpaired) electrons. The Balaban J connectivity index is 1.55. The van der Waals surface area contributed by atoms with Crippen LogP contribution in [0.4, 0.5) is 10.8 Å². The monoisotopic (exact) mass is 478 g/mol. The quantitative estimate of drug-likeness (QED) is 0.285. The molecule has 0 unspecified atom stereocenters. The van der Waals surface area contributed by atoms with Gasteiger partial charge in [-0.3, -0.25) is 14.7 Å². The van der Waals surface area contributed by atoms with Gasteiger partial charge in [0, 0.05) is 42.6 Å². The Labute approximate surface area is 201 Å². The molecule has 170 valence electrons. The van der Waals surface area contributed by atoms with Crippen molar-refractivity contribution in [2.24, 2.45) is 0 Å². The second kappa shape index (κ2) is 10.7. The smallest absolute Gasteiger partial charge is 0.230 e. The lowest BCUT2D eigenvalue weighted by Gasteiger charge is -2.20. The molecule has 1 aromatic carbocycles. The molecule has 0 saturated heterocycles. The van der Waals surface area contributed by atoms with E-state index in [9.17, 15) is 4.79 Å². The molecular weight excluding hydrogens is 452 g/mol. The van der Waals surface area contributed by atoms with Crippen molar-refractivity contribution < 1.29 is 4.79 Å². The van der Waals surface area contributed by atoms with E-state index in [1.165, 1.54) is 11.3 Å². The molecule has 0 saturated carbocycles. The summed E-state index contributed by atoms with van der Waals surface area (Å²) in [6.45, 7) is 6.65. The molecule has 3 aromatic heterocycles. The first kappa shape index (κ1) is 23.1. The zero-order chi connectivity index (χ0) is 23.2. The van der Waals surface area contributed by atoms with Gasteiger partial charge in [0.25, 0.3) is 0 Å². The van der Waals surface area contributed by atoms with Gasteiger partial charge in [-0.15, -0.1) is 21.5 Å². The molecule has 1 amide bonds. The molecule has 3 heterocycles. The van der Waals surface area contributed by atoms with Crippen LogP contribution in [0.3, 0.4) is 0 Å². The summed E-state index contributed by atoms with van der Waals surface area (Å²) in [7, 11) is 0. The lowest BCUT2D eigenvalue weighted by atomic mass is 10.1. The third kappa shape index (κ3) is 5.15. The van der Waals surface area contributed by atoms with Crippen molar-refractivity contribution in [3.05, 3.63) is 65.4 Å². The van der Waals surface area contributed by atoms with Crippen LogP contribution in [0, 0.1) is 0 Å². The van der Waals surface area contributed by atoms with Gasteiger partial charge in [0.1, 0.15) is 0 Å². The van der Waals surface area contributed by atoms with Crippen LogP contribution in [-0.4, -0.2) is 30.6 Å². The van der Waals surface area contributed by atoms with Crippen molar-refractivity contribution >= 4 is 39.8 Å². The summed E-state index contributed by atoms with van der Waals surface area (Å²) < 4.78 is 2.15. The van der Waals surface area contributed by atoms with E-state index in [1.807, 2.05) is 35.7 Å². The van der Waals surface area contributed by atoms with Crippen LogP contribution in [0.1, 0.15) is 38.4 Å². The number of aryl methyl sites for hydroxylation is 1. The van der Waals surface area contributed by atoms with Crippen molar-refractivity contribution in [3.8, 4) is 11.4 Å². The van der Waals surface area contributed by atoms with Gasteiger partial charge in [0.05, 0.1) is 11.4 Å². The number of carbonyl (C=O) groups excluding carboxylic acids is 1. The van der Waals surface area contributed by atoms with E-state index < -0.39 is 0 Å². The average Bonchev–Trinajstić information content (AvgIpc) is 3.46. The molecule has 33 heavy (non-hydrogen) atoms. The Kier molecular flexibility index (Phi) is 7.51. The average molecular weight is 479 g/mol. The fraction of sp³-hybridized carbons (Fsp3) is 0.292. The lowest BCUT2D eigenvalue weighted by Crippen LogP contribution is -2.23. The summed E-state index contributed by atoms with van der Waals surface area (Å²) in [5.41, 5.74) is 3.93. The first-order chi connectivity index (χ1) is 16.1. The minimum Gasteiger partial charge on any atom is -0.302 e. The molecule has 0 spiro atoms. The summed E-state index contributed by atoms with van der Waals surface area (Å²) in [6, 6.07) is 11.9. The largest absolute Gasteiger partial charge is 0.302 e. The maximum atomic E-state index is 12.5. The molecule has 4 rings (SSSR count). The summed E-state index contributed by atoms with van der Waals surface area (Å²) in [5, 5.41) is 12.4. The Morgan fingerprint density at radius 2 is 1.91 bits per heavy atom. The van der Waals surface area contributed by atoms with Crippen LogP contribution in [0.2, 0.25) is 0 Å². The Morgan fingerprint density at radius 1 is 1.12 bits per heavy atom. The van der Waals surface area contributed by atoms with Gasteiger partial charge < -0.3 is 4.57 Å². The number of aromatic nitrogens is 5. The predicted octanol–water partition coefficient (Wildman–Crippen LogP) is 5.75.